The summed E-state index contributed by atoms with van der Waals surface area (Å²) >= 11 is 0. The monoisotopic (exact) mass is 486 g/mol. The lowest BCUT2D eigenvalue weighted by Gasteiger charge is -2.17. The van der Waals surface area contributed by atoms with Crippen LogP contribution in [-0.2, 0) is 6.18 Å². The van der Waals surface area contributed by atoms with Crippen LogP contribution in [0.1, 0.15) is 5.56 Å². The lowest BCUT2D eigenvalue weighted by atomic mass is 10.1. The van der Waals surface area contributed by atoms with Gasteiger partial charge in [0.1, 0.15) is 12.3 Å². The molecule has 0 aromatic carbocycles. The summed E-state index contributed by atoms with van der Waals surface area (Å²) in [5, 5.41) is 5.85. The zero-order chi connectivity index (χ0) is 24.7. The molecule has 1 fully saturated rings. The molecule has 3 N–H and O–H groups in total. The molecule has 180 valence electrons. The number of halogens is 5. The van der Waals surface area contributed by atoms with Gasteiger partial charge in [-0.05, 0) is 12.1 Å². The lowest BCUT2D eigenvalue weighted by Crippen LogP contribution is -2.32. The van der Waals surface area contributed by atoms with Gasteiger partial charge in [0.25, 0.3) is 17.0 Å². The molecule has 0 spiro atoms. The third-order valence-electron chi connectivity index (χ3n) is 5.16. The number of ether oxygens (including phenoxy) is 1. The molecule has 3 aromatic rings. The average molecular weight is 486 g/mol. The molecule has 1 saturated heterocycles. The second-order valence-corrected chi connectivity index (χ2v) is 7.49. The summed E-state index contributed by atoms with van der Waals surface area (Å²) < 4.78 is 72.2. The molecule has 34 heavy (non-hydrogen) atoms. The topological polar surface area (TPSA) is 137 Å². The number of alkyl halides is 5. The summed E-state index contributed by atoms with van der Waals surface area (Å²) in [7, 11) is 0. The number of H-pyrrole nitrogens is 3. The molecule has 0 radical (unpaired) electrons. The van der Waals surface area contributed by atoms with Crippen LogP contribution in [0.25, 0.3) is 11.3 Å². The van der Waals surface area contributed by atoms with Gasteiger partial charge in [-0.15, -0.1) is 0 Å². The minimum Gasteiger partial charge on any atom is -0.477 e. The van der Waals surface area contributed by atoms with E-state index in [0.29, 0.717) is 6.20 Å². The van der Waals surface area contributed by atoms with E-state index in [9.17, 15) is 36.3 Å². The van der Waals surface area contributed by atoms with Crippen molar-refractivity contribution in [1.82, 2.24) is 25.1 Å². The molecule has 4 heterocycles. The van der Waals surface area contributed by atoms with Gasteiger partial charge in [-0.25, -0.2) is 23.7 Å². The van der Waals surface area contributed by atoms with Crippen molar-refractivity contribution in [3.05, 3.63) is 67.3 Å². The van der Waals surface area contributed by atoms with Gasteiger partial charge in [0, 0.05) is 25.0 Å². The minimum atomic E-state index is -4.60. The Morgan fingerprint density at radius 3 is 2.59 bits per heavy atom. The third-order valence-corrected chi connectivity index (χ3v) is 5.16. The van der Waals surface area contributed by atoms with Gasteiger partial charge in [0.2, 0.25) is 5.88 Å². The fourth-order valence-electron chi connectivity index (χ4n) is 3.39. The Balaban J connectivity index is 1.52. The first-order valence-corrected chi connectivity index (χ1v) is 9.65. The number of anilines is 1. The molecule has 3 aromatic heterocycles. The fraction of sp³-hybridized carbons (Fsp3) is 0.316. The minimum absolute atomic E-state index is 0.0657. The maximum absolute atomic E-state index is 14.6. The van der Waals surface area contributed by atoms with Gasteiger partial charge >= 0.3 is 11.9 Å². The number of nitrogens with zero attached hydrogens (tertiary/aromatic N) is 3. The van der Waals surface area contributed by atoms with Crippen molar-refractivity contribution >= 4 is 5.69 Å². The third kappa shape index (κ3) is 4.67. The zero-order valence-electron chi connectivity index (χ0n) is 16.9. The molecular weight excluding hydrogens is 471 g/mol. The predicted molar refractivity (Wildman–Crippen MR) is 107 cm³/mol. The van der Waals surface area contributed by atoms with E-state index in [-0.39, 0.29) is 29.4 Å². The molecule has 1 unspecified atom stereocenters. The Labute approximate surface area is 185 Å². The summed E-state index contributed by atoms with van der Waals surface area (Å²) in [4.78, 5) is 44.2. The molecule has 0 saturated carbocycles. The standard InChI is InChI=1S/C19H15F5N6O4/c20-18(21)8-30(6-10(18)7-34-14-2-1-9(4-25-14)19(22,23)24)13-3-12(28-29-16(13)32)11-5-26-17(33)27-15(11)31/h1-5,10H,6-8H2,(H,29,32)(H2,26,27,31,33). The number of aromatic amines is 3. The van der Waals surface area contributed by atoms with Crippen LogP contribution in [0.4, 0.5) is 27.6 Å². The van der Waals surface area contributed by atoms with Crippen molar-refractivity contribution in [2.45, 2.75) is 12.1 Å². The highest BCUT2D eigenvalue weighted by Gasteiger charge is 2.49. The fourth-order valence-corrected chi connectivity index (χ4v) is 3.39. The first-order valence-electron chi connectivity index (χ1n) is 9.65. The van der Waals surface area contributed by atoms with Crippen LogP contribution in [0, 0.1) is 5.92 Å². The molecule has 0 aliphatic carbocycles. The van der Waals surface area contributed by atoms with Crippen LogP contribution in [0.2, 0.25) is 0 Å². The number of nitrogens with one attached hydrogen (secondary N) is 3. The van der Waals surface area contributed by atoms with Crippen LogP contribution in [-0.4, -0.2) is 50.8 Å². The van der Waals surface area contributed by atoms with Crippen molar-refractivity contribution in [2.75, 3.05) is 24.6 Å². The van der Waals surface area contributed by atoms with Crippen LogP contribution in [0.3, 0.4) is 0 Å². The van der Waals surface area contributed by atoms with Gasteiger partial charge in [-0.2, -0.15) is 18.3 Å². The molecule has 10 nitrogen and oxygen atoms in total. The quantitative estimate of drug-likeness (QED) is 0.464. The predicted octanol–water partition coefficient (Wildman–Crippen LogP) is 1.38. The van der Waals surface area contributed by atoms with Gasteiger partial charge in [-0.1, -0.05) is 0 Å². The highest BCUT2D eigenvalue weighted by molar-refractivity contribution is 5.62. The molecule has 4 rings (SSSR count). The largest absolute Gasteiger partial charge is 0.477 e. The van der Waals surface area contributed by atoms with Crippen LogP contribution in [0.5, 0.6) is 5.88 Å². The number of hydrogen-bond donors (Lipinski definition) is 3. The van der Waals surface area contributed by atoms with Gasteiger partial charge in [0.15, 0.2) is 0 Å². The molecule has 15 heteroatoms. The van der Waals surface area contributed by atoms with Gasteiger partial charge < -0.3 is 14.6 Å². The van der Waals surface area contributed by atoms with Crippen molar-refractivity contribution in [3.8, 4) is 17.1 Å². The van der Waals surface area contributed by atoms with E-state index in [1.165, 1.54) is 0 Å². The molecule has 1 aliphatic rings. The van der Waals surface area contributed by atoms with E-state index in [1.54, 1.807) is 0 Å². The second-order valence-electron chi connectivity index (χ2n) is 7.49. The summed E-state index contributed by atoms with van der Waals surface area (Å²) in [5.41, 5.74) is -3.71. The zero-order valence-corrected chi connectivity index (χ0v) is 16.9. The molecule has 0 bridgehead atoms. The van der Waals surface area contributed by atoms with Crippen molar-refractivity contribution < 1.29 is 26.7 Å². The van der Waals surface area contributed by atoms with E-state index in [0.717, 1.165) is 29.3 Å². The van der Waals surface area contributed by atoms with Gasteiger partial charge in [-0.3, -0.25) is 14.6 Å². The summed E-state index contributed by atoms with van der Waals surface area (Å²) in [5.74, 6) is -4.98. The van der Waals surface area contributed by atoms with Gasteiger partial charge in [0.05, 0.1) is 29.3 Å². The average Bonchev–Trinajstić information content (AvgIpc) is 3.06. The Hall–Kier alpha value is -4.04. The normalized spacial score (nSPS) is 17.7. The lowest BCUT2D eigenvalue weighted by molar-refractivity contribution is -0.137. The highest BCUT2D eigenvalue weighted by atomic mass is 19.4. The van der Waals surface area contributed by atoms with E-state index in [4.69, 9.17) is 4.74 Å². The van der Waals surface area contributed by atoms with Crippen molar-refractivity contribution in [2.24, 2.45) is 5.92 Å². The number of pyridine rings is 1. The molecule has 0 amide bonds. The number of aromatic nitrogens is 5. The first-order chi connectivity index (χ1) is 15.9. The summed E-state index contributed by atoms with van der Waals surface area (Å²) in [6.45, 7) is -1.75. The number of hydrogen-bond acceptors (Lipinski definition) is 7. The Bertz CT molecular complexity index is 1370. The van der Waals surface area contributed by atoms with Crippen LogP contribution < -0.4 is 26.4 Å². The Kier molecular flexibility index (Phi) is 5.70. The summed E-state index contributed by atoms with van der Waals surface area (Å²) in [6, 6.07) is 2.78. The Morgan fingerprint density at radius 2 is 1.94 bits per heavy atom. The van der Waals surface area contributed by atoms with Crippen LogP contribution >= 0.6 is 0 Å². The second kappa shape index (κ2) is 8.39. The highest BCUT2D eigenvalue weighted by Crippen LogP contribution is 2.36. The molecule has 1 atom stereocenters. The summed E-state index contributed by atoms with van der Waals surface area (Å²) in [6.07, 6.45) is -3.00. The maximum Gasteiger partial charge on any atom is 0.417 e. The van der Waals surface area contributed by atoms with E-state index in [1.807, 2.05) is 4.98 Å². The van der Waals surface area contributed by atoms with Crippen molar-refractivity contribution in [3.63, 3.8) is 0 Å². The smallest absolute Gasteiger partial charge is 0.417 e. The van der Waals surface area contributed by atoms with E-state index < -0.39 is 53.5 Å². The van der Waals surface area contributed by atoms with E-state index >= 15 is 0 Å². The number of rotatable bonds is 5. The maximum atomic E-state index is 14.6. The Morgan fingerprint density at radius 1 is 1.18 bits per heavy atom. The van der Waals surface area contributed by atoms with E-state index in [2.05, 4.69) is 20.2 Å². The SMILES string of the molecule is O=c1[nH]cc(-c2cc(N3CC(COc4ccc(C(F)(F)F)cn4)C(F)(F)C3)c(=O)[nH]n2)c(=O)[nH]1. The first kappa shape index (κ1) is 23.1. The molecular formula is C19H15F5N6O4. The van der Waals surface area contributed by atoms with Crippen LogP contribution in [0.15, 0.2) is 45.0 Å². The molecule has 1 aliphatic heterocycles. The van der Waals surface area contributed by atoms with Crippen molar-refractivity contribution in [1.29, 1.82) is 0 Å².